The summed E-state index contributed by atoms with van der Waals surface area (Å²) < 4.78 is 5.71. The Labute approximate surface area is 135 Å². The summed E-state index contributed by atoms with van der Waals surface area (Å²) >= 11 is 0. The Bertz CT molecular complexity index is 705. The van der Waals surface area contributed by atoms with E-state index in [2.05, 4.69) is 0 Å². The average Bonchev–Trinajstić information content (AvgIpc) is 2.60. The van der Waals surface area contributed by atoms with Crippen molar-refractivity contribution in [1.82, 2.24) is 4.90 Å². The van der Waals surface area contributed by atoms with E-state index in [4.69, 9.17) is 15.1 Å². The number of carbonyl (C=O) groups excluding carboxylic acids is 1. The minimum atomic E-state index is -0.146. The van der Waals surface area contributed by atoms with Crippen LogP contribution in [0.2, 0.25) is 0 Å². The lowest BCUT2D eigenvalue weighted by atomic mass is 10.2. The molecule has 0 aromatic heterocycles. The summed E-state index contributed by atoms with van der Waals surface area (Å²) in [6, 6.07) is 15.7. The molecule has 0 aliphatic rings. The highest BCUT2D eigenvalue weighted by Gasteiger charge is 2.14. The Hall–Kier alpha value is -2.84. The molecule has 0 unspecified atom stereocenters. The number of carbonyl (C=O) groups is 1. The molecule has 0 fully saturated rings. The molecule has 0 spiro atoms. The molecule has 2 aromatic rings. The molecule has 0 aliphatic carbocycles. The number of hydrogen-bond donors (Lipinski definition) is 1. The second-order valence-corrected chi connectivity index (χ2v) is 4.87. The minimum absolute atomic E-state index is 0.0684. The maximum atomic E-state index is 12.4. The van der Waals surface area contributed by atoms with E-state index in [1.165, 1.54) is 0 Å². The topological polar surface area (TPSA) is 73.6 Å². The first kappa shape index (κ1) is 16.5. The Morgan fingerprint density at radius 3 is 2.57 bits per heavy atom. The van der Waals surface area contributed by atoms with Crippen LogP contribution in [0.3, 0.4) is 0 Å². The van der Waals surface area contributed by atoms with Gasteiger partial charge in [0.25, 0.3) is 5.91 Å². The molecule has 5 heteroatoms. The standard InChI is InChI=1S/C18H18N2O3/c1-2-20(10-11-21)18(22)15-4-3-5-17(12-15)23-16-8-6-14(13-19)7-9-16/h3-9,12,21H,2,10-11H2,1H3. The molecule has 23 heavy (non-hydrogen) atoms. The highest BCUT2D eigenvalue weighted by atomic mass is 16.5. The third-order valence-electron chi connectivity index (χ3n) is 3.34. The fourth-order valence-corrected chi connectivity index (χ4v) is 2.13. The quantitative estimate of drug-likeness (QED) is 0.890. The molecule has 1 N–H and O–H groups in total. The monoisotopic (exact) mass is 310 g/mol. The number of hydrogen-bond acceptors (Lipinski definition) is 4. The first-order valence-corrected chi connectivity index (χ1v) is 7.36. The van der Waals surface area contributed by atoms with Crippen LogP contribution >= 0.6 is 0 Å². The molecule has 2 aromatic carbocycles. The van der Waals surface area contributed by atoms with Crippen molar-refractivity contribution in [1.29, 1.82) is 5.26 Å². The van der Waals surface area contributed by atoms with Gasteiger partial charge in [0.1, 0.15) is 11.5 Å². The van der Waals surface area contributed by atoms with Crippen LogP contribution in [0.5, 0.6) is 11.5 Å². The number of ether oxygens (including phenoxy) is 1. The van der Waals surface area contributed by atoms with Crippen LogP contribution in [0.4, 0.5) is 0 Å². The Morgan fingerprint density at radius 1 is 1.22 bits per heavy atom. The van der Waals surface area contributed by atoms with Crippen molar-refractivity contribution >= 4 is 5.91 Å². The number of aliphatic hydroxyl groups excluding tert-OH is 1. The second-order valence-electron chi connectivity index (χ2n) is 4.87. The number of aliphatic hydroxyl groups is 1. The first-order valence-electron chi connectivity index (χ1n) is 7.36. The van der Waals surface area contributed by atoms with Crippen molar-refractivity contribution in [3.8, 4) is 17.6 Å². The minimum Gasteiger partial charge on any atom is -0.457 e. The third-order valence-corrected chi connectivity index (χ3v) is 3.34. The fraction of sp³-hybridized carbons (Fsp3) is 0.222. The molecule has 0 heterocycles. The lowest BCUT2D eigenvalue weighted by Gasteiger charge is -2.20. The van der Waals surface area contributed by atoms with Gasteiger partial charge in [-0.05, 0) is 49.4 Å². The molecule has 0 aliphatic heterocycles. The largest absolute Gasteiger partial charge is 0.457 e. The van der Waals surface area contributed by atoms with Crippen molar-refractivity contribution < 1.29 is 14.6 Å². The van der Waals surface area contributed by atoms with Gasteiger partial charge in [-0.1, -0.05) is 6.07 Å². The predicted octanol–water partition coefficient (Wildman–Crippen LogP) is 2.80. The van der Waals surface area contributed by atoms with Gasteiger partial charge in [0, 0.05) is 18.7 Å². The zero-order valence-electron chi connectivity index (χ0n) is 12.9. The molecule has 0 atom stereocenters. The summed E-state index contributed by atoms with van der Waals surface area (Å²) in [5.41, 5.74) is 1.07. The van der Waals surface area contributed by atoms with E-state index in [1.54, 1.807) is 53.4 Å². The van der Waals surface area contributed by atoms with Crippen LogP contribution in [-0.2, 0) is 0 Å². The number of rotatable bonds is 6. The van der Waals surface area contributed by atoms with Crippen molar-refractivity contribution in [3.05, 3.63) is 59.7 Å². The van der Waals surface area contributed by atoms with E-state index >= 15 is 0 Å². The smallest absolute Gasteiger partial charge is 0.254 e. The van der Waals surface area contributed by atoms with Crippen LogP contribution in [0.1, 0.15) is 22.8 Å². The van der Waals surface area contributed by atoms with Crippen molar-refractivity contribution in [3.63, 3.8) is 0 Å². The van der Waals surface area contributed by atoms with Crippen LogP contribution < -0.4 is 4.74 Å². The van der Waals surface area contributed by atoms with E-state index in [0.29, 0.717) is 35.7 Å². The molecular weight excluding hydrogens is 292 g/mol. The number of nitriles is 1. The number of nitrogens with zero attached hydrogens (tertiary/aromatic N) is 2. The average molecular weight is 310 g/mol. The fourth-order valence-electron chi connectivity index (χ4n) is 2.13. The van der Waals surface area contributed by atoms with Crippen LogP contribution in [-0.4, -0.2) is 35.6 Å². The van der Waals surface area contributed by atoms with Gasteiger partial charge in [-0.2, -0.15) is 5.26 Å². The molecule has 0 saturated carbocycles. The van der Waals surface area contributed by atoms with Crippen molar-refractivity contribution in [2.45, 2.75) is 6.92 Å². The summed E-state index contributed by atoms with van der Waals surface area (Å²) in [6.45, 7) is 2.63. The van der Waals surface area contributed by atoms with Crippen LogP contribution in [0.25, 0.3) is 0 Å². The zero-order chi connectivity index (χ0) is 16.7. The van der Waals surface area contributed by atoms with Crippen molar-refractivity contribution in [2.24, 2.45) is 0 Å². The number of likely N-dealkylation sites (N-methyl/N-ethyl adjacent to an activating group) is 1. The molecule has 1 amide bonds. The summed E-state index contributed by atoms with van der Waals surface area (Å²) in [7, 11) is 0. The van der Waals surface area contributed by atoms with E-state index in [-0.39, 0.29) is 12.5 Å². The van der Waals surface area contributed by atoms with E-state index in [9.17, 15) is 4.79 Å². The van der Waals surface area contributed by atoms with Gasteiger partial charge in [0.05, 0.1) is 18.2 Å². The normalized spacial score (nSPS) is 9.96. The predicted molar refractivity (Wildman–Crippen MR) is 86.3 cm³/mol. The Morgan fingerprint density at radius 2 is 1.96 bits per heavy atom. The highest BCUT2D eigenvalue weighted by Crippen LogP contribution is 2.23. The van der Waals surface area contributed by atoms with Crippen LogP contribution in [0, 0.1) is 11.3 Å². The Balaban J connectivity index is 2.15. The SMILES string of the molecule is CCN(CCO)C(=O)c1cccc(Oc2ccc(C#N)cc2)c1. The second kappa shape index (κ2) is 7.97. The number of benzene rings is 2. The molecule has 118 valence electrons. The van der Waals surface area contributed by atoms with Gasteiger partial charge < -0.3 is 14.7 Å². The molecule has 0 saturated heterocycles. The van der Waals surface area contributed by atoms with E-state index < -0.39 is 0 Å². The first-order chi connectivity index (χ1) is 11.2. The van der Waals surface area contributed by atoms with Gasteiger partial charge in [0.2, 0.25) is 0 Å². The van der Waals surface area contributed by atoms with Gasteiger partial charge >= 0.3 is 0 Å². The lowest BCUT2D eigenvalue weighted by molar-refractivity contribution is 0.0731. The third kappa shape index (κ3) is 4.31. The van der Waals surface area contributed by atoms with Gasteiger partial charge in [0.15, 0.2) is 0 Å². The maximum Gasteiger partial charge on any atom is 0.254 e. The summed E-state index contributed by atoms with van der Waals surface area (Å²) in [4.78, 5) is 13.9. The van der Waals surface area contributed by atoms with Gasteiger partial charge in [-0.15, -0.1) is 0 Å². The molecule has 0 bridgehead atoms. The lowest BCUT2D eigenvalue weighted by Crippen LogP contribution is -2.33. The Kier molecular flexibility index (Phi) is 5.73. The molecule has 2 rings (SSSR count). The molecular formula is C18H18N2O3. The summed E-state index contributed by atoms with van der Waals surface area (Å²) in [6.07, 6.45) is 0. The van der Waals surface area contributed by atoms with Gasteiger partial charge in [-0.3, -0.25) is 4.79 Å². The molecule has 0 radical (unpaired) electrons. The molecule has 5 nitrogen and oxygen atoms in total. The van der Waals surface area contributed by atoms with Crippen molar-refractivity contribution in [2.75, 3.05) is 19.7 Å². The van der Waals surface area contributed by atoms with Gasteiger partial charge in [-0.25, -0.2) is 0 Å². The highest BCUT2D eigenvalue weighted by molar-refractivity contribution is 5.94. The van der Waals surface area contributed by atoms with E-state index in [1.807, 2.05) is 13.0 Å². The number of amides is 1. The summed E-state index contributed by atoms with van der Waals surface area (Å²) in [5, 5.41) is 17.8. The van der Waals surface area contributed by atoms with Crippen LogP contribution in [0.15, 0.2) is 48.5 Å². The zero-order valence-corrected chi connectivity index (χ0v) is 12.9. The summed E-state index contributed by atoms with van der Waals surface area (Å²) in [5.74, 6) is 0.990. The maximum absolute atomic E-state index is 12.4. The van der Waals surface area contributed by atoms with E-state index in [0.717, 1.165) is 0 Å².